The number of benzene rings is 2. The van der Waals surface area contributed by atoms with Crippen LogP contribution in [0.5, 0.6) is 0 Å². The summed E-state index contributed by atoms with van der Waals surface area (Å²) in [6, 6.07) is 6.97. The number of carbonyl (C=O) groups excluding carboxylic acids is 2. The van der Waals surface area contributed by atoms with Crippen molar-refractivity contribution in [1.29, 1.82) is 0 Å². The fourth-order valence-electron chi connectivity index (χ4n) is 2.90. The third-order valence-corrected chi connectivity index (χ3v) is 5.17. The van der Waals surface area contributed by atoms with Gasteiger partial charge in [-0.1, -0.05) is 42.7 Å². The Hall–Kier alpha value is -3.86. The van der Waals surface area contributed by atoms with Crippen molar-refractivity contribution in [1.82, 2.24) is 15.5 Å². The molecule has 3 rings (SSSR count). The first-order valence-electron chi connectivity index (χ1n) is 10.1. The van der Waals surface area contributed by atoms with Gasteiger partial charge < -0.3 is 14.6 Å². The number of nitro benzene ring substituents is 1. The van der Waals surface area contributed by atoms with Gasteiger partial charge in [-0.3, -0.25) is 14.9 Å². The second-order valence-corrected chi connectivity index (χ2v) is 8.11. The van der Waals surface area contributed by atoms with Crippen LogP contribution in [0.3, 0.4) is 0 Å². The molecule has 0 radical (unpaired) electrons. The molecule has 1 N–H and O–H groups in total. The topological polar surface area (TPSA) is 137 Å². The lowest BCUT2D eigenvalue weighted by Crippen LogP contribution is -2.45. The van der Waals surface area contributed by atoms with Crippen molar-refractivity contribution in [3.05, 3.63) is 74.4 Å². The average molecular weight is 491 g/mol. The third-order valence-electron chi connectivity index (χ3n) is 4.85. The molecule has 1 aromatic heterocycles. The molecule has 34 heavy (non-hydrogen) atoms. The number of nitrogens with one attached hydrogen (secondary N) is 1. The number of rotatable bonds is 8. The maximum Gasteiger partial charge on any atom is 0.329 e. The van der Waals surface area contributed by atoms with Crippen LogP contribution in [0.1, 0.15) is 35.7 Å². The first-order valence-corrected chi connectivity index (χ1v) is 10.4. The lowest BCUT2D eigenvalue weighted by atomic mass is 10.0. The van der Waals surface area contributed by atoms with E-state index in [4.69, 9.17) is 20.9 Å². The molecule has 12 heteroatoms. The van der Waals surface area contributed by atoms with E-state index in [2.05, 4.69) is 15.5 Å². The van der Waals surface area contributed by atoms with Crippen LogP contribution in [-0.2, 0) is 16.1 Å². The van der Waals surface area contributed by atoms with Crippen LogP contribution >= 0.6 is 11.6 Å². The van der Waals surface area contributed by atoms with Gasteiger partial charge in [0.15, 0.2) is 6.61 Å². The van der Waals surface area contributed by atoms with E-state index in [0.717, 1.165) is 6.07 Å². The Bertz CT molecular complexity index is 1250. The maximum absolute atomic E-state index is 13.8. The number of hydrogen-bond acceptors (Lipinski definition) is 8. The Morgan fingerprint density at radius 3 is 2.65 bits per heavy atom. The Balaban J connectivity index is 1.66. The summed E-state index contributed by atoms with van der Waals surface area (Å²) in [5.41, 5.74) is 0.394. The molecule has 0 spiro atoms. The zero-order valence-electron chi connectivity index (χ0n) is 18.4. The summed E-state index contributed by atoms with van der Waals surface area (Å²) in [6.45, 7) is 4.63. The van der Waals surface area contributed by atoms with E-state index >= 15 is 0 Å². The molecule has 1 heterocycles. The molecule has 0 bridgehead atoms. The SMILES string of the molecule is Cc1ccc(-c2noc(COC(=O)[C@@H](NC(=O)c3ccc(Cl)c([N+](=O)[O-])c3)C(C)C)n2)cc1F. The van der Waals surface area contributed by atoms with E-state index < -0.39 is 34.3 Å². The molecule has 10 nitrogen and oxygen atoms in total. The fraction of sp³-hybridized carbons (Fsp3) is 0.273. The molecule has 0 aliphatic rings. The first kappa shape index (κ1) is 24.8. The fourth-order valence-corrected chi connectivity index (χ4v) is 3.09. The standard InChI is InChI=1S/C22H20ClFN4O6/c1-11(2)19(26-21(29)14-6-7-15(23)17(9-14)28(31)32)22(30)33-10-18-25-20(27-34-18)13-5-4-12(3)16(24)8-13/h4-9,11,19H,10H2,1-3H3,(H,26,29)/t19-/m0/s1. The van der Waals surface area contributed by atoms with Gasteiger partial charge in [-0.05, 0) is 36.6 Å². The van der Waals surface area contributed by atoms with Crippen molar-refractivity contribution >= 4 is 29.2 Å². The van der Waals surface area contributed by atoms with Gasteiger partial charge in [0.2, 0.25) is 5.82 Å². The van der Waals surface area contributed by atoms with Gasteiger partial charge in [0, 0.05) is 17.2 Å². The van der Waals surface area contributed by atoms with Gasteiger partial charge in [0.25, 0.3) is 17.5 Å². The number of hydrogen-bond donors (Lipinski definition) is 1. The van der Waals surface area contributed by atoms with Gasteiger partial charge in [-0.25, -0.2) is 9.18 Å². The van der Waals surface area contributed by atoms with E-state index in [1.165, 1.54) is 18.2 Å². The van der Waals surface area contributed by atoms with Crippen molar-refractivity contribution < 1.29 is 28.2 Å². The third kappa shape index (κ3) is 5.73. The van der Waals surface area contributed by atoms with E-state index in [1.54, 1.807) is 32.9 Å². The summed E-state index contributed by atoms with van der Waals surface area (Å²) in [5.74, 6) is -2.16. The largest absolute Gasteiger partial charge is 0.454 e. The molecule has 0 unspecified atom stereocenters. The molecule has 1 amide bonds. The summed E-state index contributed by atoms with van der Waals surface area (Å²) in [4.78, 5) is 39.6. The molecule has 178 valence electrons. The summed E-state index contributed by atoms with van der Waals surface area (Å²) in [6.07, 6.45) is 0. The highest BCUT2D eigenvalue weighted by atomic mass is 35.5. The molecule has 0 saturated carbocycles. The molecule has 1 atom stereocenters. The molecule has 0 aliphatic heterocycles. The Labute approximate surface area is 198 Å². The molecular formula is C22H20ClFN4O6. The average Bonchev–Trinajstić information content (AvgIpc) is 3.26. The number of amides is 1. The second-order valence-electron chi connectivity index (χ2n) is 7.70. The van der Waals surface area contributed by atoms with Gasteiger partial charge in [-0.15, -0.1) is 0 Å². The number of halogens is 2. The number of carbonyl (C=O) groups is 2. The minimum absolute atomic E-state index is 0.0218. The first-order chi connectivity index (χ1) is 16.1. The highest BCUT2D eigenvalue weighted by Crippen LogP contribution is 2.25. The maximum atomic E-state index is 13.8. The summed E-state index contributed by atoms with van der Waals surface area (Å²) in [5, 5.41) is 17.2. The number of aryl methyl sites for hydroxylation is 1. The summed E-state index contributed by atoms with van der Waals surface area (Å²) in [7, 11) is 0. The van der Waals surface area contributed by atoms with Crippen LogP contribution in [0.25, 0.3) is 11.4 Å². The summed E-state index contributed by atoms with van der Waals surface area (Å²) < 4.78 is 24.0. The highest BCUT2D eigenvalue weighted by Gasteiger charge is 2.28. The minimum Gasteiger partial charge on any atom is -0.454 e. The molecule has 0 saturated heterocycles. The Morgan fingerprint density at radius 2 is 2.00 bits per heavy atom. The number of esters is 1. The van der Waals surface area contributed by atoms with E-state index in [0.29, 0.717) is 11.1 Å². The van der Waals surface area contributed by atoms with Crippen LogP contribution < -0.4 is 5.32 Å². The van der Waals surface area contributed by atoms with Crippen LogP contribution in [-0.4, -0.2) is 33.0 Å². The van der Waals surface area contributed by atoms with Crippen molar-refractivity contribution in [2.45, 2.75) is 33.4 Å². The van der Waals surface area contributed by atoms with Crippen LogP contribution in [0.2, 0.25) is 5.02 Å². The van der Waals surface area contributed by atoms with Crippen LogP contribution in [0, 0.1) is 28.8 Å². The molecule has 0 aliphatic carbocycles. The molecular weight excluding hydrogens is 471 g/mol. The van der Waals surface area contributed by atoms with Crippen molar-refractivity contribution in [3.63, 3.8) is 0 Å². The van der Waals surface area contributed by atoms with Crippen LogP contribution in [0.15, 0.2) is 40.9 Å². The Kier molecular flexibility index (Phi) is 7.57. The normalized spacial score (nSPS) is 11.8. The molecule has 3 aromatic rings. The summed E-state index contributed by atoms with van der Waals surface area (Å²) >= 11 is 5.77. The number of nitro groups is 1. The van der Waals surface area contributed by atoms with Gasteiger partial charge in [0.05, 0.1) is 4.92 Å². The van der Waals surface area contributed by atoms with Gasteiger partial charge in [-0.2, -0.15) is 4.98 Å². The second kappa shape index (κ2) is 10.4. The Morgan fingerprint density at radius 1 is 1.26 bits per heavy atom. The van der Waals surface area contributed by atoms with E-state index in [-0.39, 0.29) is 34.8 Å². The number of ether oxygens (including phenoxy) is 1. The van der Waals surface area contributed by atoms with Gasteiger partial charge >= 0.3 is 5.97 Å². The highest BCUT2D eigenvalue weighted by molar-refractivity contribution is 6.32. The minimum atomic E-state index is -1.06. The number of aromatic nitrogens is 2. The molecule has 2 aromatic carbocycles. The lowest BCUT2D eigenvalue weighted by molar-refractivity contribution is -0.384. The zero-order chi connectivity index (χ0) is 25.0. The smallest absolute Gasteiger partial charge is 0.329 e. The lowest BCUT2D eigenvalue weighted by Gasteiger charge is -2.20. The zero-order valence-corrected chi connectivity index (χ0v) is 19.1. The predicted octanol–water partition coefficient (Wildman–Crippen LogP) is 4.24. The van der Waals surface area contributed by atoms with Crippen molar-refractivity contribution in [2.24, 2.45) is 5.92 Å². The monoisotopic (exact) mass is 490 g/mol. The van der Waals surface area contributed by atoms with Crippen LogP contribution in [0.4, 0.5) is 10.1 Å². The van der Waals surface area contributed by atoms with Crippen molar-refractivity contribution in [2.75, 3.05) is 0 Å². The van der Waals surface area contributed by atoms with E-state index in [9.17, 15) is 24.1 Å². The van der Waals surface area contributed by atoms with Gasteiger partial charge in [0.1, 0.15) is 16.9 Å². The predicted molar refractivity (Wildman–Crippen MR) is 118 cm³/mol. The van der Waals surface area contributed by atoms with Crippen molar-refractivity contribution in [3.8, 4) is 11.4 Å². The quantitative estimate of drug-likeness (QED) is 0.281. The van der Waals surface area contributed by atoms with E-state index in [1.807, 2.05) is 0 Å². The number of nitrogens with zero attached hydrogens (tertiary/aromatic N) is 3. The molecule has 0 fully saturated rings.